The van der Waals surface area contributed by atoms with Gasteiger partial charge in [0.15, 0.2) is 0 Å². The summed E-state index contributed by atoms with van der Waals surface area (Å²) < 4.78 is 25.1. The quantitative estimate of drug-likeness (QED) is 0.656. The molecule has 2 atom stereocenters. The van der Waals surface area contributed by atoms with Crippen LogP contribution < -0.4 is 5.09 Å². The number of rotatable bonds is 4. The van der Waals surface area contributed by atoms with Gasteiger partial charge in [-0.2, -0.15) is 4.89 Å². The lowest BCUT2D eigenvalue weighted by Gasteiger charge is -2.29. The zero-order valence-electron chi connectivity index (χ0n) is 10.7. The van der Waals surface area contributed by atoms with E-state index >= 15 is 0 Å². The highest BCUT2D eigenvalue weighted by molar-refractivity contribution is 7.57. The van der Waals surface area contributed by atoms with Crippen molar-refractivity contribution in [3.05, 3.63) is 35.6 Å². The molecule has 0 aromatic heterocycles. The van der Waals surface area contributed by atoms with Crippen molar-refractivity contribution in [1.29, 1.82) is 0 Å². The Morgan fingerprint density at radius 1 is 1.50 bits per heavy atom. The standard InChI is InChI=1S/C12H15FN2O4P/c13-10-4-1-3-9(7-10)8-14-20(18,19)11-5-2-6-15(17)12(11)16/h1,3-4,7,11,17H,2,5-6,8H2,(H,14,18). The summed E-state index contributed by atoms with van der Waals surface area (Å²) in [6.07, 6.45) is 0.591. The van der Waals surface area contributed by atoms with Crippen LogP contribution in [0.3, 0.4) is 0 Å². The fourth-order valence-electron chi connectivity index (χ4n) is 2.11. The van der Waals surface area contributed by atoms with Crippen molar-refractivity contribution in [2.24, 2.45) is 0 Å². The number of benzene rings is 1. The molecule has 1 fully saturated rings. The lowest BCUT2D eigenvalue weighted by atomic mass is 10.1. The fourth-order valence-corrected chi connectivity index (χ4v) is 3.68. The van der Waals surface area contributed by atoms with E-state index in [0.29, 0.717) is 17.0 Å². The van der Waals surface area contributed by atoms with Crippen molar-refractivity contribution >= 4 is 13.4 Å². The molecule has 1 aromatic rings. The smallest absolute Gasteiger partial charge is 0.286 e. The second-order valence-electron chi connectivity index (χ2n) is 4.68. The molecule has 6 nitrogen and oxygen atoms in total. The predicted octanol–water partition coefficient (Wildman–Crippen LogP) is 1.92. The number of hydrogen-bond donors (Lipinski definition) is 2. The van der Waals surface area contributed by atoms with Crippen molar-refractivity contribution in [2.45, 2.75) is 25.0 Å². The van der Waals surface area contributed by atoms with Crippen LogP contribution in [0.4, 0.5) is 4.39 Å². The SMILES string of the molecule is [O]P(=O)(NCc1cccc(F)c1)C1CCCN(O)C1=O. The summed E-state index contributed by atoms with van der Waals surface area (Å²) in [5.41, 5.74) is -0.806. The molecular weight excluding hydrogens is 286 g/mol. The summed E-state index contributed by atoms with van der Waals surface area (Å²) >= 11 is 0. The summed E-state index contributed by atoms with van der Waals surface area (Å²) in [6.45, 7) is 0.0486. The molecule has 1 radical (unpaired) electrons. The topological polar surface area (TPSA) is 89.5 Å². The first-order valence-corrected chi connectivity index (χ1v) is 7.90. The maximum atomic E-state index is 13.0. The molecular formula is C12H15FN2O4P. The highest BCUT2D eigenvalue weighted by Gasteiger charge is 2.42. The third kappa shape index (κ3) is 3.43. The van der Waals surface area contributed by atoms with Gasteiger partial charge in [0.1, 0.15) is 11.5 Å². The van der Waals surface area contributed by atoms with E-state index < -0.39 is 24.9 Å². The number of carbonyl (C=O) groups excluding carboxylic acids is 1. The van der Waals surface area contributed by atoms with E-state index in [0.717, 1.165) is 0 Å². The normalized spacial score (nSPS) is 22.6. The number of amides is 1. The summed E-state index contributed by atoms with van der Waals surface area (Å²) in [4.78, 5) is 23.7. The third-order valence-electron chi connectivity index (χ3n) is 3.19. The second-order valence-corrected chi connectivity index (χ2v) is 6.81. The average Bonchev–Trinajstić information content (AvgIpc) is 2.40. The molecule has 1 amide bonds. The maximum Gasteiger partial charge on any atom is 0.311 e. The van der Waals surface area contributed by atoms with E-state index in [4.69, 9.17) is 0 Å². The average molecular weight is 301 g/mol. The molecule has 1 saturated heterocycles. The highest BCUT2D eigenvalue weighted by Crippen LogP contribution is 2.47. The van der Waals surface area contributed by atoms with Gasteiger partial charge in [-0.15, -0.1) is 0 Å². The van der Waals surface area contributed by atoms with Crippen LogP contribution in [0.15, 0.2) is 24.3 Å². The van der Waals surface area contributed by atoms with Crippen molar-refractivity contribution in [2.75, 3.05) is 6.54 Å². The van der Waals surface area contributed by atoms with E-state index in [9.17, 15) is 23.9 Å². The zero-order valence-corrected chi connectivity index (χ0v) is 11.6. The lowest BCUT2D eigenvalue weighted by Crippen LogP contribution is -2.43. The first-order valence-electron chi connectivity index (χ1n) is 6.21. The molecule has 2 rings (SSSR count). The van der Waals surface area contributed by atoms with Crippen molar-refractivity contribution < 1.29 is 23.9 Å². The number of nitrogens with one attached hydrogen (secondary N) is 1. The van der Waals surface area contributed by atoms with Gasteiger partial charge in [0.25, 0.3) is 5.91 Å². The Morgan fingerprint density at radius 2 is 2.25 bits per heavy atom. The largest absolute Gasteiger partial charge is 0.311 e. The molecule has 1 heterocycles. The molecule has 2 N–H and O–H groups in total. The van der Waals surface area contributed by atoms with Gasteiger partial charge in [-0.1, -0.05) is 12.1 Å². The highest BCUT2D eigenvalue weighted by atomic mass is 31.2. The summed E-state index contributed by atoms with van der Waals surface area (Å²) in [6, 6.07) is 5.53. The number of carbonyl (C=O) groups is 1. The monoisotopic (exact) mass is 301 g/mol. The van der Waals surface area contributed by atoms with Gasteiger partial charge >= 0.3 is 7.52 Å². The van der Waals surface area contributed by atoms with E-state index in [1.54, 1.807) is 6.07 Å². The Balaban J connectivity index is 2.03. The van der Waals surface area contributed by atoms with Gasteiger partial charge in [-0.05, 0) is 30.5 Å². The van der Waals surface area contributed by atoms with E-state index in [1.165, 1.54) is 18.2 Å². The summed E-state index contributed by atoms with van der Waals surface area (Å²) in [7, 11) is -4.22. The van der Waals surface area contributed by atoms with Crippen LogP contribution in [0.1, 0.15) is 18.4 Å². The third-order valence-corrected chi connectivity index (χ3v) is 5.09. The minimum absolute atomic E-state index is 0.0895. The van der Waals surface area contributed by atoms with E-state index in [-0.39, 0.29) is 19.5 Å². The van der Waals surface area contributed by atoms with Gasteiger partial charge in [-0.3, -0.25) is 14.6 Å². The minimum Gasteiger partial charge on any atom is -0.286 e. The molecule has 8 heteroatoms. The number of hydrogen-bond acceptors (Lipinski definition) is 3. The molecule has 20 heavy (non-hydrogen) atoms. The van der Waals surface area contributed by atoms with Gasteiger partial charge in [0.2, 0.25) is 0 Å². The van der Waals surface area contributed by atoms with Crippen LogP contribution in [0.5, 0.6) is 0 Å². The zero-order chi connectivity index (χ0) is 14.8. The minimum atomic E-state index is -4.22. The van der Waals surface area contributed by atoms with Gasteiger partial charge in [-0.25, -0.2) is 14.5 Å². The molecule has 0 bridgehead atoms. The molecule has 1 aromatic carbocycles. The lowest BCUT2D eigenvalue weighted by molar-refractivity contribution is -0.169. The molecule has 1 aliphatic rings. The molecule has 2 unspecified atom stereocenters. The van der Waals surface area contributed by atoms with Crippen LogP contribution in [-0.4, -0.2) is 28.4 Å². The van der Waals surface area contributed by atoms with Gasteiger partial charge < -0.3 is 0 Å². The first-order chi connectivity index (χ1) is 9.40. The van der Waals surface area contributed by atoms with Crippen LogP contribution in [0.25, 0.3) is 0 Å². The van der Waals surface area contributed by atoms with E-state index in [2.05, 4.69) is 5.09 Å². The molecule has 109 valence electrons. The number of piperidine rings is 1. The Hall–Kier alpha value is -1.27. The van der Waals surface area contributed by atoms with Crippen molar-refractivity contribution in [1.82, 2.24) is 10.2 Å². The van der Waals surface area contributed by atoms with Crippen LogP contribution in [0, 0.1) is 5.82 Å². The molecule has 1 aliphatic heterocycles. The predicted molar refractivity (Wildman–Crippen MR) is 68.1 cm³/mol. The van der Waals surface area contributed by atoms with Crippen LogP contribution in [-0.2, 0) is 20.8 Å². The van der Waals surface area contributed by atoms with Crippen LogP contribution in [0.2, 0.25) is 0 Å². The van der Waals surface area contributed by atoms with Crippen molar-refractivity contribution in [3.63, 3.8) is 0 Å². The maximum absolute atomic E-state index is 13.0. The fraction of sp³-hybridized carbons (Fsp3) is 0.417. The number of hydroxylamine groups is 2. The Morgan fingerprint density at radius 3 is 2.95 bits per heavy atom. The molecule has 0 spiro atoms. The van der Waals surface area contributed by atoms with E-state index in [1.807, 2.05) is 0 Å². The summed E-state index contributed by atoms with van der Waals surface area (Å²) in [5.74, 6) is -1.28. The van der Waals surface area contributed by atoms with Crippen molar-refractivity contribution in [3.8, 4) is 0 Å². The molecule has 0 saturated carbocycles. The number of halogens is 1. The second kappa shape index (κ2) is 6.01. The Kier molecular flexibility index (Phi) is 4.55. The van der Waals surface area contributed by atoms with Gasteiger partial charge in [0, 0.05) is 13.1 Å². The summed E-state index contributed by atoms with van der Waals surface area (Å²) in [5, 5.41) is 12.0. The Labute approximate surface area is 115 Å². The van der Waals surface area contributed by atoms with Gasteiger partial charge in [0.05, 0.1) is 0 Å². The first kappa shape index (κ1) is 15.1. The Bertz CT molecular complexity index is 554. The van der Waals surface area contributed by atoms with Crippen LogP contribution >= 0.6 is 7.52 Å². The molecule has 0 aliphatic carbocycles. The number of nitrogens with zero attached hydrogens (tertiary/aromatic N) is 1.